The molecule has 1 aromatic carbocycles. The van der Waals surface area contributed by atoms with E-state index in [1.807, 2.05) is 0 Å². The molecule has 0 spiro atoms. The Morgan fingerprint density at radius 2 is 2.00 bits per heavy atom. The zero-order valence-corrected chi connectivity index (χ0v) is 20.3. The van der Waals surface area contributed by atoms with E-state index in [0.29, 0.717) is 27.2 Å². The first-order valence-corrected chi connectivity index (χ1v) is 12.7. The number of hydrogen-bond acceptors (Lipinski definition) is 9. The van der Waals surface area contributed by atoms with Gasteiger partial charge >= 0.3 is 5.97 Å². The number of fused-ring (bicyclic) bond motifs is 1. The van der Waals surface area contributed by atoms with Gasteiger partial charge in [-0.05, 0) is 62.4 Å². The van der Waals surface area contributed by atoms with Gasteiger partial charge in [-0.15, -0.1) is 21.5 Å². The minimum Gasteiger partial charge on any atom is -0.484 e. The molecule has 0 fully saturated rings. The molecule has 4 rings (SSSR count). The van der Waals surface area contributed by atoms with Crippen molar-refractivity contribution in [3.8, 4) is 5.75 Å². The Labute approximate surface area is 204 Å². The lowest BCUT2D eigenvalue weighted by Crippen LogP contribution is -2.17. The molecule has 1 N–H and O–H groups in total. The summed E-state index contributed by atoms with van der Waals surface area (Å²) in [4.78, 5) is 26.2. The smallest absolute Gasteiger partial charge is 0.341 e. The fraction of sp³-hybridized carbons (Fsp3) is 0.364. The number of carbonyl (C=O) groups is 2. The summed E-state index contributed by atoms with van der Waals surface area (Å²) in [5.74, 6) is 0.332. The largest absolute Gasteiger partial charge is 0.484 e. The van der Waals surface area contributed by atoms with Crippen molar-refractivity contribution < 1.29 is 23.5 Å². The molecule has 0 radical (unpaired) electrons. The minimum absolute atomic E-state index is 0.0600. The lowest BCUT2D eigenvalue weighted by Gasteiger charge is -2.12. The van der Waals surface area contributed by atoms with Crippen LogP contribution in [0, 0.1) is 0 Å². The summed E-state index contributed by atoms with van der Waals surface area (Å²) < 4.78 is 16.3. The number of amides is 1. The van der Waals surface area contributed by atoms with E-state index in [9.17, 15) is 9.59 Å². The summed E-state index contributed by atoms with van der Waals surface area (Å²) in [6.45, 7) is 2.16. The zero-order chi connectivity index (χ0) is 23.2. The van der Waals surface area contributed by atoms with Crippen LogP contribution < -0.4 is 10.1 Å². The van der Waals surface area contributed by atoms with Crippen LogP contribution in [0.1, 0.15) is 46.5 Å². The predicted octanol–water partition coefficient (Wildman–Crippen LogP) is 5.15. The molecular formula is C22H22ClN3O5S2. The number of esters is 1. The van der Waals surface area contributed by atoms with E-state index in [0.717, 1.165) is 47.9 Å². The first-order valence-electron chi connectivity index (χ1n) is 10.5. The highest BCUT2D eigenvalue weighted by atomic mass is 35.5. The maximum atomic E-state index is 12.6. The first kappa shape index (κ1) is 23.6. The number of halogens is 1. The molecule has 11 heteroatoms. The van der Waals surface area contributed by atoms with Gasteiger partial charge in [0.25, 0.3) is 11.1 Å². The number of benzene rings is 1. The average Bonchev–Trinajstić information content (AvgIpc) is 3.41. The molecule has 1 aliphatic rings. The number of thiophene rings is 1. The van der Waals surface area contributed by atoms with Crippen molar-refractivity contribution in [3.05, 3.63) is 51.2 Å². The van der Waals surface area contributed by atoms with Crippen LogP contribution in [0.3, 0.4) is 0 Å². The molecule has 2 aromatic heterocycles. The van der Waals surface area contributed by atoms with Crippen LogP contribution in [0.15, 0.2) is 33.9 Å². The third kappa shape index (κ3) is 6.07. The lowest BCUT2D eigenvalue weighted by atomic mass is 9.95. The molecule has 0 saturated heterocycles. The second-order valence-electron chi connectivity index (χ2n) is 7.18. The number of nitrogens with zero attached hydrogens (tertiary/aromatic N) is 2. The van der Waals surface area contributed by atoms with E-state index in [1.54, 1.807) is 31.2 Å². The number of carbonyl (C=O) groups excluding carboxylic acids is 2. The van der Waals surface area contributed by atoms with E-state index in [1.165, 1.54) is 11.3 Å². The third-order valence-corrected chi connectivity index (χ3v) is 7.13. The topological polar surface area (TPSA) is 104 Å². The molecule has 1 aliphatic carbocycles. The molecule has 174 valence electrons. The molecule has 0 aliphatic heterocycles. The van der Waals surface area contributed by atoms with Crippen molar-refractivity contribution in [3.63, 3.8) is 0 Å². The van der Waals surface area contributed by atoms with E-state index in [4.69, 9.17) is 25.5 Å². The van der Waals surface area contributed by atoms with E-state index >= 15 is 0 Å². The summed E-state index contributed by atoms with van der Waals surface area (Å²) in [7, 11) is 0. The van der Waals surface area contributed by atoms with Gasteiger partial charge < -0.3 is 19.2 Å². The van der Waals surface area contributed by atoms with Gasteiger partial charge in [-0.3, -0.25) is 4.79 Å². The van der Waals surface area contributed by atoms with Gasteiger partial charge in [0.1, 0.15) is 10.8 Å². The lowest BCUT2D eigenvalue weighted by molar-refractivity contribution is -0.113. The number of nitrogens with one attached hydrogen (secondary N) is 1. The summed E-state index contributed by atoms with van der Waals surface area (Å²) in [5, 5.41) is 12.2. The van der Waals surface area contributed by atoms with Crippen LogP contribution in [0.2, 0.25) is 5.02 Å². The standard InChI is InChI=1S/C22H22ClN3O5S2/c1-2-29-21(28)19-15-5-3-4-6-16(15)33-20(19)24-17(27)12-32-22-26-25-18(31-22)11-30-14-9-7-13(23)8-10-14/h7-10H,2-6,11-12H2,1H3,(H,24,27). The number of hydrogen-bond donors (Lipinski definition) is 1. The first-order chi connectivity index (χ1) is 16.0. The van der Waals surface area contributed by atoms with Crippen LogP contribution >= 0.6 is 34.7 Å². The van der Waals surface area contributed by atoms with Crippen molar-refractivity contribution in [1.29, 1.82) is 0 Å². The fourth-order valence-electron chi connectivity index (χ4n) is 3.39. The number of aromatic nitrogens is 2. The maximum Gasteiger partial charge on any atom is 0.341 e. The number of aryl methyl sites for hydroxylation is 1. The van der Waals surface area contributed by atoms with Crippen LogP contribution in [-0.4, -0.2) is 34.4 Å². The van der Waals surface area contributed by atoms with Crippen molar-refractivity contribution in [1.82, 2.24) is 10.2 Å². The highest BCUT2D eigenvalue weighted by molar-refractivity contribution is 7.99. The van der Waals surface area contributed by atoms with Gasteiger partial charge in [0.15, 0.2) is 6.61 Å². The van der Waals surface area contributed by atoms with Gasteiger partial charge in [0, 0.05) is 9.90 Å². The molecule has 0 unspecified atom stereocenters. The fourth-order valence-corrected chi connectivity index (χ4v) is 5.39. The third-order valence-electron chi connectivity index (χ3n) is 4.85. The van der Waals surface area contributed by atoms with Crippen molar-refractivity contribution in [2.75, 3.05) is 17.7 Å². The van der Waals surface area contributed by atoms with Crippen molar-refractivity contribution in [2.24, 2.45) is 0 Å². The van der Waals surface area contributed by atoms with Gasteiger partial charge in [-0.2, -0.15) is 0 Å². The van der Waals surface area contributed by atoms with Gasteiger partial charge in [-0.25, -0.2) is 4.79 Å². The number of anilines is 1. The molecule has 0 atom stereocenters. The second-order valence-corrected chi connectivity index (χ2v) is 9.64. The van der Waals surface area contributed by atoms with E-state index in [2.05, 4.69) is 15.5 Å². The Morgan fingerprint density at radius 3 is 2.79 bits per heavy atom. The molecule has 2 heterocycles. The maximum absolute atomic E-state index is 12.6. The Hall–Kier alpha value is -2.56. The Morgan fingerprint density at radius 1 is 1.21 bits per heavy atom. The summed E-state index contributed by atoms with van der Waals surface area (Å²) in [5.41, 5.74) is 1.50. The summed E-state index contributed by atoms with van der Waals surface area (Å²) >= 11 is 8.43. The quantitative estimate of drug-likeness (QED) is 0.313. The highest BCUT2D eigenvalue weighted by Gasteiger charge is 2.27. The SMILES string of the molecule is CCOC(=O)c1c(NC(=O)CSc2nnc(COc3ccc(Cl)cc3)o2)sc2c1CCCC2. The molecule has 0 bridgehead atoms. The highest BCUT2D eigenvalue weighted by Crippen LogP contribution is 2.38. The number of ether oxygens (including phenoxy) is 2. The minimum atomic E-state index is -0.387. The monoisotopic (exact) mass is 507 g/mol. The summed E-state index contributed by atoms with van der Waals surface area (Å²) in [6.07, 6.45) is 3.86. The molecule has 3 aromatic rings. The van der Waals surface area contributed by atoms with Crippen LogP contribution in [0.4, 0.5) is 5.00 Å². The number of thioether (sulfide) groups is 1. The molecule has 8 nitrogen and oxygen atoms in total. The second kappa shape index (κ2) is 11.0. The summed E-state index contributed by atoms with van der Waals surface area (Å²) in [6, 6.07) is 6.93. The Bertz CT molecular complexity index is 1130. The molecular weight excluding hydrogens is 486 g/mol. The van der Waals surface area contributed by atoms with Crippen LogP contribution in [0.25, 0.3) is 0 Å². The molecule has 1 amide bonds. The van der Waals surface area contributed by atoms with Crippen LogP contribution in [-0.2, 0) is 29.0 Å². The van der Waals surface area contributed by atoms with E-state index < -0.39 is 0 Å². The Kier molecular flexibility index (Phi) is 7.89. The van der Waals surface area contributed by atoms with Gasteiger partial charge in [-0.1, -0.05) is 23.4 Å². The van der Waals surface area contributed by atoms with Gasteiger partial charge in [0.2, 0.25) is 5.91 Å². The van der Waals surface area contributed by atoms with Crippen molar-refractivity contribution >= 4 is 51.6 Å². The van der Waals surface area contributed by atoms with Crippen LogP contribution in [0.5, 0.6) is 5.75 Å². The normalized spacial score (nSPS) is 12.8. The Balaban J connectivity index is 1.33. The molecule has 0 saturated carbocycles. The van der Waals surface area contributed by atoms with E-state index in [-0.39, 0.29) is 36.1 Å². The average molecular weight is 508 g/mol. The molecule has 33 heavy (non-hydrogen) atoms. The predicted molar refractivity (Wildman–Crippen MR) is 126 cm³/mol. The zero-order valence-electron chi connectivity index (χ0n) is 17.9. The van der Waals surface area contributed by atoms with Crippen molar-refractivity contribution in [2.45, 2.75) is 44.4 Å². The number of rotatable bonds is 9. The van der Waals surface area contributed by atoms with Gasteiger partial charge in [0.05, 0.1) is 17.9 Å².